The maximum atomic E-state index is 13.1. The Balaban J connectivity index is 1.13. The number of phenols is 1. The van der Waals surface area contributed by atoms with Crippen LogP contribution in [-0.2, 0) is 6.54 Å². The van der Waals surface area contributed by atoms with Crippen LogP contribution in [0.1, 0.15) is 32.7 Å². The van der Waals surface area contributed by atoms with Crippen LogP contribution < -0.4 is 5.73 Å². The van der Waals surface area contributed by atoms with E-state index in [2.05, 4.69) is 34.1 Å². The molecule has 10 nitrogen and oxygen atoms in total. The number of nitrogens with two attached hydrogens (primary N) is 1. The Morgan fingerprint density at radius 2 is 1.70 bits per heavy atom. The highest BCUT2D eigenvalue weighted by Crippen LogP contribution is 2.32. The molecule has 1 aliphatic rings. The number of nitrogen functional groups attached to an aromatic ring is 1. The van der Waals surface area contributed by atoms with Crippen molar-refractivity contribution in [2.24, 2.45) is 0 Å². The molecule has 0 saturated carbocycles. The molecular weight excluding hydrogens is 590 g/mol. The number of nitrogens with zero attached hydrogens (tertiary/aromatic N) is 6. The van der Waals surface area contributed by atoms with Gasteiger partial charge >= 0.3 is 0 Å². The van der Waals surface area contributed by atoms with E-state index < -0.39 is 0 Å². The van der Waals surface area contributed by atoms with Crippen molar-refractivity contribution in [1.29, 1.82) is 0 Å². The van der Waals surface area contributed by atoms with E-state index in [-0.39, 0.29) is 17.2 Å². The molecule has 0 unspecified atom stereocenters. The fourth-order valence-electron chi connectivity index (χ4n) is 6.06. The first-order chi connectivity index (χ1) is 23.0. The second-order valence-corrected chi connectivity index (χ2v) is 11.6. The lowest BCUT2D eigenvalue weighted by atomic mass is 10.1. The Morgan fingerprint density at radius 3 is 2.47 bits per heavy atom. The number of aromatic nitrogens is 4. The Bertz CT molecular complexity index is 2080. The first-order valence-electron chi connectivity index (χ1n) is 15.5. The third-order valence-corrected chi connectivity index (χ3v) is 8.53. The third-order valence-electron chi connectivity index (χ3n) is 8.53. The molecule has 0 aliphatic carbocycles. The van der Waals surface area contributed by atoms with Crippen LogP contribution in [0, 0.1) is 0 Å². The first-order valence-corrected chi connectivity index (χ1v) is 15.5. The van der Waals surface area contributed by atoms with Crippen LogP contribution in [-0.4, -0.2) is 72.8 Å². The van der Waals surface area contributed by atoms with Crippen LogP contribution in [0.15, 0.2) is 103 Å². The quantitative estimate of drug-likeness (QED) is 0.220. The van der Waals surface area contributed by atoms with Gasteiger partial charge in [-0.25, -0.2) is 15.0 Å². The number of anilines is 1. The predicted molar refractivity (Wildman–Crippen MR) is 181 cm³/mol. The van der Waals surface area contributed by atoms with Gasteiger partial charge in [-0.1, -0.05) is 42.5 Å². The van der Waals surface area contributed by atoms with Gasteiger partial charge in [-0.3, -0.25) is 19.1 Å². The summed E-state index contributed by atoms with van der Waals surface area (Å²) in [5.41, 5.74) is 13.0. The topological polar surface area (TPSA) is 130 Å². The number of phenolic OH excluding ortho intramolecular Hbond substituents is 1. The lowest BCUT2D eigenvalue weighted by Gasteiger charge is -2.22. The third kappa shape index (κ3) is 6.06. The minimum atomic E-state index is -0.183. The van der Waals surface area contributed by atoms with Crippen molar-refractivity contribution in [2.75, 3.05) is 31.9 Å². The van der Waals surface area contributed by atoms with E-state index in [1.165, 1.54) is 12.1 Å². The van der Waals surface area contributed by atoms with Crippen molar-refractivity contribution >= 4 is 29.2 Å². The summed E-state index contributed by atoms with van der Waals surface area (Å²) in [6.07, 6.45) is 3.07. The summed E-state index contributed by atoms with van der Waals surface area (Å²) in [7, 11) is 0. The van der Waals surface area contributed by atoms with Crippen molar-refractivity contribution in [3.63, 3.8) is 0 Å². The average Bonchev–Trinajstić information content (AvgIpc) is 3.32. The molecule has 1 saturated heterocycles. The van der Waals surface area contributed by atoms with Crippen molar-refractivity contribution in [3.05, 3.63) is 120 Å². The number of rotatable bonds is 7. The van der Waals surface area contributed by atoms with Crippen LogP contribution in [0.25, 0.3) is 39.5 Å². The normalized spacial score (nSPS) is 13.8. The van der Waals surface area contributed by atoms with E-state index in [9.17, 15) is 14.7 Å². The number of aromatic hydroxyl groups is 1. The zero-order chi connectivity index (χ0) is 32.3. The molecule has 0 radical (unpaired) electrons. The maximum absolute atomic E-state index is 13.1. The highest BCUT2D eigenvalue weighted by atomic mass is 16.3. The summed E-state index contributed by atoms with van der Waals surface area (Å²) >= 11 is 0. The SMILES string of the molecule is Nc1ncccc1-c1nc2ccc(-c3ccccc3)nc2n1-c1ccc(CN2CCCN(C(=O)c3ccc(C=O)c(O)c3)CC2)cc1. The van der Waals surface area contributed by atoms with Gasteiger partial charge in [0.25, 0.3) is 5.91 Å². The predicted octanol–water partition coefficient (Wildman–Crippen LogP) is 5.60. The van der Waals surface area contributed by atoms with Gasteiger partial charge in [0.2, 0.25) is 0 Å². The number of pyridine rings is 2. The van der Waals surface area contributed by atoms with Gasteiger partial charge in [0.15, 0.2) is 17.8 Å². The second-order valence-electron chi connectivity index (χ2n) is 11.6. The van der Waals surface area contributed by atoms with Gasteiger partial charge in [0.1, 0.15) is 17.1 Å². The molecule has 1 amide bonds. The van der Waals surface area contributed by atoms with Gasteiger partial charge in [-0.2, -0.15) is 0 Å². The summed E-state index contributed by atoms with van der Waals surface area (Å²) in [5, 5.41) is 10.1. The fourth-order valence-corrected chi connectivity index (χ4v) is 6.06. The molecule has 3 N–H and O–H groups in total. The van der Waals surface area contributed by atoms with E-state index in [4.69, 9.17) is 15.7 Å². The van der Waals surface area contributed by atoms with E-state index in [1.54, 1.807) is 12.3 Å². The molecule has 0 spiro atoms. The molecule has 0 bridgehead atoms. The first kappa shape index (κ1) is 29.8. The molecular formula is C37H33N7O3. The standard InChI is InChI=1S/C37H33N7O3/c38-34-30(8-4-17-39-34)35-41-32-16-15-31(26-6-2-1-3-7-26)40-36(32)44(35)29-13-9-25(10-14-29)23-42-18-5-19-43(21-20-42)37(47)27-11-12-28(24-45)33(46)22-27/h1-4,6-17,22,24,46H,5,18-21,23H2,(H2,38,39). The van der Waals surface area contributed by atoms with Crippen LogP contribution in [0.3, 0.4) is 0 Å². The molecule has 1 aliphatic heterocycles. The molecule has 0 atom stereocenters. The van der Waals surface area contributed by atoms with E-state index in [0.29, 0.717) is 43.1 Å². The van der Waals surface area contributed by atoms with Crippen LogP contribution >= 0.6 is 0 Å². The lowest BCUT2D eigenvalue weighted by molar-refractivity contribution is 0.0760. The van der Waals surface area contributed by atoms with Gasteiger partial charge in [-0.15, -0.1) is 0 Å². The summed E-state index contributed by atoms with van der Waals surface area (Å²) < 4.78 is 2.04. The zero-order valence-electron chi connectivity index (χ0n) is 25.7. The van der Waals surface area contributed by atoms with Gasteiger partial charge < -0.3 is 15.7 Å². The average molecular weight is 624 g/mol. The van der Waals surface area contributed by atoms with E-state index in [1.807, 2.05) is 64.1 Å². The number of aldehydes is 1. The number of hydrogen-bond acceptors (Lipinski definition) is 8. The summed E-state index contributed by atoms with van der Waals surface area (Å²) in [5.74, 6) is 0.735. The van der Waals surface area contributed by atoms with Gasteiger partial charge in [0, 0.05) is 55.7 Å². The van der Waals surface area contributed by atoms with Crippen molar-refractivity contribution in [1.82, 2.24) is 29.3 Å². The minimum Gasteiger partial charge on any atom is -0.507 e. The lowest BCUT2D eigenvalue weighted by Crippen LogP contribution is -2.35. The highest BCUT2D eigenvalue weighted by molar-refractivity contribution is 5.96. The van der Waals surface area contributed by atoms with Gasteiger partial charge in [-0.05, 0) is 66.6 Å². The van der Waals surface area contributed by atoms with Gasteiger partial charge in [0.05, 0.1) is 16.8 Å². The molecule has 7 rings (SSSR count). The maximum Gasteiger partial charge on any atom is 0.254 e. The van der Waals surface area contributed by atoms with Crippen molar-refractivity contribution < 1.29 is 14.7 Å². The summed E-state index contributed by atoms with van der Waals surface area (Å²) in [6.45, 7) is 3.49. The number of hydrogen-bond donors (Lipinski definition) is 2. The van der Waals surface area contributed by atoms with E-state index >= 15 is 0 Å². The van der Waals surface area contributed by atoms with Crippen LogP contribution in [0.2, 0.25) is 0 Å². The molecule has 1 fully saturated rings. The monoisotopic (exact) mass is 623 g/mol. The number of amides is 1. The Labute approximate surface area is 271 Å². The van der Waals surface area contributed by atoms with Crippen LogP contribution in [0.5, 0.6) is 5.75 Å². The number of carbonyl (C=O) groups excluding carboxylic acids is 2. The Kier molecular flexibility index (Phi) is 8.16. The summed E-state index contributed by atoms with van der Waals surface area (Å²) in [6, 6.07) is 30.6. The summed E-state index contributed by atoms with van der Waals surface area (Å²) in [4.78, 5) is 42.7. The number of imidazole rings is 1. The number of fused-ring (bicyclic) bond motifs is 1. The number of benzene rings is 3. The zero-order valence-corrected chi connectivity index (χ0v) is 25.7. The van der Waals surface area contributed by atoms with E-state index in [0.717, 1.165) is 58.7 Å². The molecule has 10 heteroatoms. The fraction of sp³-hybridized carbons (Fsp3) is 0.162. The van der Waals surface area contributed by atoms with Crippen molar-refractivity contribution in [2.45, 2.75) is 13.0 Å². The molecule has 3 aromatic heterocycles. The highest BCUT2D eigenvalue weighted by Gasteiger charge is 2.22. The molecule has 234 valence electrons. The molecule has 3 aromatic carbocycles. The molecule has 4 heterocycles. The number of carbonyl (C=O) groups is 2. The Morgan fingerprint density at radius 1 is 0.872 bits per heavy atom. The largest absolute Gasteiger partial charge is 0.507 e. The molecule has 6 aromatic rings. The van der Waals surface area contributed by atoms with Crippen LogP contribution in [0.4, 0.5) is 5.82 Å². The second kappa shape index (κ2) is 12.9. The minimum absolute atomic E-state index is 0.148. The van der Waals surface area contributed by atoms with Crippen molar-refractivity contribution in [3.8, 4) is 34.1 Å². The smallest absolute Gasteiger partial charge is 0.254 e. The Hall–Kier alpha value is -5.87. The molecule has 47 heavy (non-hydrogen) atoms.